The molecule has 3 nitrogen and oxygen atoms in total. The standard InChI is InChI=1S/C14H24N2OS/c1-11(2)15-8-12-4-6-17-14(12)9-16(3)13-5-7-18-10-13/h4,6,11,13,15H,5,7-10H2,1-3H3. The molecule has 1 aromatic heterocycles. The van der Waals surface area contributed by atoms with E-state index in [1.54, 1.807) is 0 Å². The Hall–Kier alpha value is -0.450. The van der Waals surface area contributed by atoms with Gasteiger partial charge in [0.1, 0.15) is 5.76 Å². The Kier molecular flexibility index (Phi) is 5.15. The van der Waals surface area contributed by atoms with Crippen LogP contribution in [-0.4, -0.2) is 35.5 Å². The van der Waals surface area contributed by atoms with Gasteiger partial charge in [-0.1, -0.05) is 13.8 Å². The van der Waals surface area contributed by atoms with Crippen LogP contribution >= 0.6 is 11.8 Å². The Morgan fingerprint density at radius 2 is 2.39 bits per heavy atom. The monoisotopic (exact) mass is 268 g/mol. The largest absolute Gasteiger partial charge is 0.468 e. The van der Waals surface area contributed by atoms with Crippen molar-refractivity contribution in [1.29, 1.82) is 0 Å². The molecule has 0 aromatic carbocycles. The third-order valence-corrected chi connectivity index (χ3v) is 4.61. The molecule has 1 aliphatic rings. The summed E-state index contributed by atoms with van der Waals surface area (Å²) in [6, 6.07) is 3.31. The van der Waals surface area contributed by atoms with E-state index in [0.29, 0.717) is 12.1 Å². The fraction of sp³-hybridized carbons (Fsp3) is 0.714. The van der Waals surface area contributed by atoms with Gasteiger partial charge in [-0.2, -0.15) is 11.8 Å². The summed E-state index contributed by atoms with van der Waals surface area (Å²) in [5.74, 6) is 3.67. The second-order valence-corrected chi connectivity index (χ2v) is 6.49. The molecule has 0 bridgehead atoms. The number of furan rings is 1. The van der Waals surface area contributed by atoms with Gasteiger partial charge in [0.2, 0.25) is 0 Å². The molecule has 1 saturated heterocycles. The van der Waals surface area contributed by atoms with Crippen LogP contribution in [0.5, 0.6) is 0 Å². The highest BCUT2D eigenvalue weighted by Gasteiger charge is 2.21. The van der Waals surface area contributed by atoms with Gasteiger partial charge in [-0.15, -0.1) is 0 Å². The van der Waals surface area contributed by atoms with E-state index >= 15 is 0 Å². The molecule has 1 aromatic rings. The zero-order chi connectivity index (χ0) is 13.0. The molecule has 1 atom stereocenters. The number of rotatable bonds is 6. The van der Waals surface area contributed by atoms with E-state index < -0.39 is 0 Å². The maximum absolute atomic E-state index is 5.64. The fourth-order valence-electron chi connectivity index (χ4n) is 2.20. The normalized spacial score (nSPS) is 20.2. The summed E-state index contributed by atoms with van der Waals surface area (Å²) in [6.07, 6.45) is 3.12. The van der Waals surface area contributed by atoms with Crippen molar-refractivity contribution in [1.82, 2.24) is 10.2 Å². The molecule has 1 unspecified atom stereocenters. The Balaban J connectivity index is 1.90. The van der Waals surface area contributed by atoms with Gasteiger partial charge in [-0.05, 0) is 25.3 Å². The number of thioether (sulfide) groups is 1. The molecule has 0 saturated carbocycles. The van der Waals surface area contributed by atoms with E-state index in [1.807, 2.05) is 6.26 Å². The molecule has 0 radical (unpaired) electrons. The van der Waals surface area contributed by atoms with Gasteiger partial charge < -0.3 is 9.73 Å². The average molecular weight is 268 g/mol. The molecule has 4 heteroatoms. The van der Waals surface area contributed by atoms with Gasteiger partial charge in [0, 0.05) is 29.9 Å². The van der Waals surface area contributed by atoms with Crippen LogP contribution in [-0.2, 0) is 13.1 Å². The topological polar surface area (TPSA) is 28.4 Å². The minimum atomic E-state index is 0.511. The number of hydrogen-bond acceptors (Lipinski definition) is 4. The highest BCUT2D eigenvalue weighted by atomic mass is 32.2. The highest BCUT2D eigenvalue weighted by Crippen LogP contribution is 2.23. The molecule has 0 spiro atoms. The summed E-state index contributed by atoms with van der Waals surface area (Å²) < 4.78 is 5.64. The minimum absolute atomic E-state index is 0.511. The summed E-state index contributed by atoms with van der Waals surface area (Å²) in [7, 11) is 2.21. The van der Waals surface area contributed by atoms with Crippen molar-refractivity contribution >= 4 is 11.8 Å². The number of nitrogens with one attached hydrogen (secondary N) is 1. The molecule has 18 heavy (non-hydrogen) atoms. The maximum Gasteiger partial charge on any atom is 0.122 e. The van der Waals surface area contributed by atoms with Crippen molar-refractivity contribution in [3.63, 3.8) is 0 Å². The quantitative estimate of drug-likeness (QED) is 0.859. The molecule has 2 rings (SSSR count). The van der Waals surface area contributed by atoms with Crippen molar-refractivity contribution in [2.24, 2.45) is 0 Å². The smallest absolute Gasteiger partial charge is 0.122 e. The summed E-state index contributed by atoms with van der Waals surface area (Å²) in [4.78, 5) is 2.43. The Bertz CT molecular complexity index is 358. The Morgan fingerprint density at radius 1 is 1.56 bits per heavy atom. The lowest BCUT2D eigenvalue weighted by Gasteiger charge is -2.22. The molecule has 1 fully saturated rings. The third-order valence-electron chi connectivity index (χ3n) is 3.46. The lowest BCUT2D eigenvalue weighted by atomic mass is 10.2. The van der Waals surface area contributed by atoms with Crippen LogP contribution in [0.1, 0.15) is 31.6 Å². The SMILES string of the molecule is CC(C)NCc1ccoc1CN(C)C1CCSC1. The van der Waals surface area contributed by atoms with Crippen LogP contribution in [0.2, 0.25) is 0 Å². The first-order valence-corrected chi connectivity index (χ1v) is 7.89. The van der Waals surface area contributed by atoms with E-state index in [4.69, 9.17) is 4.42 Å². The van der Waals surface area contributed by atoms with Crippen molar-refractivity contribution < 1.29 is 4.42 Å². The minimum Gasteiger partial charge on any atom is -0.468 e. The van der Waals surface area contributed by atoms with Crippen LogP contribution < -0.4 is 5.32 Å². The first-order valence-electron chi connectivity index (χ1n) is 6.73. The van der Waals surface area contributed by atoms with Gasteiger partial charge in [-0.25, -0.2) is 0 Å². The molecule has 0 amide bonds. The Morgan fingerprint density at radius 3 is 3.06 bits per heavy atom. The van der Waals surface area contributed by atoms with Crippen molar-refractivity contribution in [3.8, 4) is 0 Å². The molecule has 102 valence electrons. The Labute approximate surface area is 114 Å². The van der Waals surface area contributed by atoms with Gasteiger partial charge in [0.15, 0.2) is 0 Å². The fourth-order valence-corrected chi connectivity index (χ4v) is 3.50. The van der Waals surface area contributed by atoms with Gasteiger partial charge in [0.05, 0.1) is 12.8 Å². The summed E-state index contributed by atoms with van der Waals surface area (Å²) in [5.41, 5.74) is 1.29. The third kappa shape index (κ3) is 3.77. The molecular formula is C14H24N2OS. The second kappa shape index (κ2) is 6.64. The van der Waals surface area contributed by atoms with Gasteiger partial charge in [0.25, 0.3) is 0 Å². The molecule has 1 aliphatic heterocycles. The second-order valence-electron chi connectivity index (χ2n) is 5.34. The predicted molar refractivity (Wildman–Crippen MR) is 77.9 cm³/mol. The van der Waals surface area contributed by atoms with E-state index in [1.165, 1.54) is 23.5 Å². The van der Waals surface area contributed by atoms with Crippen LogP contribution in [0.4, 0.5) is 0 Å². The lowest BCUT2D eigenvalue weighted by molar-refractivity contribution is 0.233. The number of nitrogens with zero attached hydrogens (tertiary/aromatic N) is 1. The van der Waals surface area contributed by atoms with Gasteiger partial charge >= 0.3 is 0 Å². The van der Waals surface area contributed by atoms with E-state index in [-0.39, 0.29) is 0 Å². The highest BCUT2D eigenvalue weighted by molar-refractivity contribution is 7.99. The first kappa shape index (κ1) is 14.0. The predicted octanol–water partition coefficient (Wildman–Crippen LogP) is 2.71. The molecule has 2 heterocycles. The first-order chi connectivity index (χ1) is 8.66. The van der Waals surface area contributed by atoms with E-state index in [0.717, 1.165) is 18.8 Å². The van der Waals surface area contributed by atoms with Gasteiger partial charge in [-0.3, -0.25) is 4.90 Å². The zero-order valence-electron chi connectivity index (χ0n) is 11.6. The van der Waals surface area contributed by atoms with Crippen LogP contribution in [0.25, 0.3) is 0 Å². The van der Waals surface area contributed by atoms with Crippen LogP contribution in [0.3, 0.4) is 0 Å². The summed E-state index contributed by atoms with van der Waals surface area (Å²) in [5, 5.41) is 3.45. The van der Waals surface area contributed by atoms with Crippen molar-refractivity contribution in [2.75, 3.05) is 18.6 Å². The van der Waals surface area contributed by atoms with Crippen molar-refractivity contribution in [2.45, 2.75) is 45.4 Å². The molecular weight excluding hydrogens is 244 g/mol. The maximum atomic E-state index is 5.64. The molecule has 0 aliphatic carbocycles. The van der Waals surface area contributed by atoms with E-state index in [9.17, 15) is 0 Å². The van der Waals surface area contributed by atoms with Crippen LogP contribution in [0.15, 0.2) is 16.7 Å². The van der Waals surface area contributed by atoms with E-state index in [2.05, 4.69) is 48.9 Å². The average Bonchev–Trinajstić information content (AvgIpc) is 2.97. The van der Waals surface area contributed by atoms with Crippen molar-refractivity contribution in [3.05, 3.63) is 23.7 Å². The lowest BCUT2D eigenvalue weighted by Crippen LogP contribution is -2.31. The number of hydrogen-bond donors (Lipinski definition) is 1. The summed E-state index contributed by atoms with van der Waals surface area (Å²) >= 11 is 2.06. The van der Waals surface area contributed by atoms with Crippen LogP contribution in [0, 0.1) is 0 Å². The zero-order valence-corrected chi connectivity index (χ0v) is 12.4. The molecule has 1 N–H and O–H groups in total. The summed E-state index contributed by atoms with van der Waals surface area (Å²) in [6.45, 7) is 6.16.